The van der Waals surface area contributed by atoms with Crippen molar-refractivity contribution in [2.24, 2.45) is 0 Å². The van der Waals surface area contributed by atoms with Crippen molar-refractivity contribution in [1.29, 1.82) is 0 Å². The Kier molecular flexibility index (Phi) is 8.98. The van der Waals surface area contributed by atoms with Gasteiger partial charge in [-0.15, -0.1) is 11.3 Å². The average Bonchev–Trinajstić information content (AvgIpc) is 3.88. The van der Waals surface area contributed by atoms with Crippen LogP contribution in [0.1, 0.15) is 22.3 Å². The number of thiophene rings is 1. The molecule has 1 aliphatic carbocycles. The lowest BCUT2D eigenvalue weighted by Gasteiger charge is -2.34. The third-order valence-electron chi connectivity index (χ3n) is 13.0. The molecule has 0 unspecified atom stereocenters. The first kappa shape index (κ1) is 37.0. The normalized spacial score (nSPS) is 12.6. The molecule has 1 heterocycles. The summed E-state index contributed by atoms with van der Waals surface area (Å²) in [5.41, 5.74) is 17.9. The van der Waals surface area contributed by atoms with Crippen LogP contribution in [0.3, 0.4) is 0 Å². The molecule has 1 aliphatic rings. The zero-order valence-corrected chi connectivity index (χ0v) is 35.3. The molecule has 0 saturated heterocycles. The van der Waals surface area contributed by atoms with Gasteiger partial charge in [0.25, 0.3) is 0 Å². The summed E-state index contributed by atoms with van der Waals surface area (Å²) < 4.78 is 2.59. The molecule has 0 fully saturated rings. The molecule has 1 nitrogen and oxygen atoms in total. The van der Waals surface area contributed by atoms with Gasteiger partial charge >= 0.3 is 0 Å². The molecule has 0 aliphatic heterocycles. The molecule has 11 aromatic rings. The maximum absolute atomic E-state index is 2.49. The molecule has 0 N–H and O–H groups in total. The summed E-state index contributed by atoms with van der Waals surface area (Å²) in [6.07, 6.45) is 0. The van der Waals surface area contributed by atoms with Crippen LogP contribution in [-0.4, -0.2) is 0 Å². The van der Waals surface area contributed by atoms with Gasteiger partial charge in [-0.2, -0.15) is 0 Å². The van der Waals surface area contributed by atoms with Gasteiger partial charge in [-0.25, -0.2) is 0 Å². The molecule has 63 heavy (non-hydrogen) atoms. The van der Waals surface area contributed by atoms with E-state index in [1.807, 2.05) is 11.3 Å². The maximum Gasteiger partial charge on any atom is 0.0713 e. The fourth-order valence-electron chi connectivity index (χ4n) is 10.2. The fourth-order valence-corrected chi connectivity index (χ4v) is 11.3. The van der Waals surface area contributed by atoms with Crippen molar-refractivity contribution in [2.75, 3.05) is 4.90 Å². The van der Waals surface area contributed by atoms with Gasteiger partial charge in [0.05, 0.1) is 11.1 Å². The third-order valence-corrected chi connectivity index (χ3v) is 14.1. The van der Waals surface area contributed by atoms with Crippen molar-refractivity contribution in [3.05, 3.63) is 271 Å². The largest absolute Gasteiger partial charge is 0.310 e. The van der Waals surface area contributed by atoms with Crippen LogP contribution in [0, 0.1) is 0 Å². The fraction of sp³-hybridized carbons (Fsp3) is 0.0164. The van der Waals surface area contributed by atoms with E-state index in [1.165, 1.54) is 86.9 Å². The van der Waals surface area contributed by atoms with Gasteiger partial charge in [-0.05, 0) is 116 Å². The van der Waals surface area contributed by atoms with Crippen molar-refractivity contribution in [3.8, 4) is 44.5 Å². The van der Waals surface area contributed by atoms with E-state index in [1.54, 1.807) is 0 Å². The van der Waals surface area contributed by atoms with E-state index >= 15 is 0 Å². The van der Waals surface area contributed by atoms with Gasteiger partial charge in [0, 0.05) is 37.1 Å². The predicted octanol–water partition coefficient (Wildman–Crippen LogP) is 16.9. The minimum atomic E-state index is -0.447. The molecule has 0 amide bonds. The van der Waals surface area contributed by atoms with E-state index in [-0.39, 0.29) is 0 Å². The smallest absolute Gasteiger partial charge is 0.0713 e. The van der Waals surface area contributed by atoms with Gasteiger partial charge in [0.1, 0.15) is 0 Å². The van der Waals surface area contributed by atoms with E-state index in [0.29, 0.717) is 0 Å². The Morgan fingerprint density at radius 3 is 1.46 bits per heavy atom. The Labute approximate surface area is 372 Å². The second kappa shape index (κ2) is 15.3. The van der Waals surface area contributed by atoms with Gasteiger partial charge in [-0.3, -0.25) is 0 Å². The number of fused-ring (bicyclic) bond motifs is 6. The standard InChI is InChI=1S/C61H41NS/c1-4-18-42(19-5-1)43-32-36-48(37-33-43)62(47-22-8-3-9-23-47)58-31-17-14-28-53(58)50-25-11-10-24-49(50)44-34-38-59-54(40-44)55-41-46(35-39-60(55)63-59)61(45-20-6-2-7-21-45)56-29-15-12-26-51(56)52-27-13-16-30-57(52)61/h1-41H. The molecule has 2 heteroatoms. The van der Waals surface area contributed by atoms with Gasteiger partial charge in [-0.1, -0.05) is 194 Å². The number of nitrogens with zero attached hydrogens (tertiary/aromatic N) is 1. The zero-order valence-electron chi connectivity index (χ0n) is 34.5. The molecule has 10 aromatic carbocycles. The first-order valence-electron chi connectivity index (χ1n) is 21.7. The van der Waals surface area contributed by atoms with Crippen LogP contribution in [-0.2, 0) is 5.41 Å². The Hall–Kier alpha value is -7.78. The molecule has 0 spiro atoms. The lowest BCUT2D eigenvalue weighted by molar-refractivity contribution is 0.770. The molecular weight excluding hydrogens is 779 g/mol. The zero-order chi connectivity index (χ0) is 41.7. The second-order valence-electron chi connectivity index (χ2n) is 16.4. The van der Waals surface area contributed by atoms with Crippen LogP contribution in [0.25, 0.3) is 64.7 Å². The van der Waals surface area contributed by atoms with Crippen LogP contribution in [0.15, 0.2) is 249 Å². The first-order valence-corrected chi connectivity index (χ1v) is 22.5. The van der Waals surface area contributed by atoms with Crippen LogP contribution in [0.4, 0.5) is 17.1 Å². The Bertz CT molecular complexity index is 3400. The molecule has 0 radical (unpaired) electrons. The summed E-state index contributed by atoms with van der Waals surface area (Å²) in [5.74, 6) is 0. The van der Waals surface area contributed by atoms with Gasteiger partial charge in [0.15, 0.2) is 0 Å². The quantitative estimate of drug-likeness (QED) is 0.148. The van der Waals surface area contributed by atoms with Crippen molar-refractivity contribution < 1.29 is 0 Å². The van der Waals surface area contributed by atoms with Crippen molar-refractivity contribution in [2.45, 2.75) is 5.41 Å². The van der Waals surface area contributed by atoms with E-state index in [9.17, 15) is 0 Å². The highest BCUT2D eigenvalue weighted by Gasteiger charge is 2.46. The average molecular weight is 820 g/mol. The molecule has 296 valence electrons. The van der Waals surface area contributed by atoms with Crippen LogP contribution < -0.4 is 4.90 Å². The Balaban J connectivity index is 1.01. The lowest BCUT2D eigenvalue weighted by atomic mass is 9.67. The molecule has 0 atom stereocenters. The number of para-hydroxylation sites is 2. The van der Waals surface area contributed by atoms with Crippen molar-refractivity contribution in [1.82, 2.24) is 0 Å². The summed E-state index contributed by atoms with van der Waals surface area (Å²) in [6, 6.07) is 91.4. The number of benzene rings is 10. The highest BCUT2D eigenvalue weighted by molar-refractivity contribution is 7.25. The summed E-state index contributed by atoms with van der Waals surface area (Å²) in [7, 11) is 0. The molecule has 0 saturated carbocycles. The lowest BCUT2D eigenvalue weighted by Crippen LogP contribution is -2.28. The SMILES string of the molecule is c1ccc(-c2ccc(N(c3ccccc3)c3ccccc3-c3ccccc3-c3ccc4sc5ccc(C6(c7ccccc7)c7ccccc7-c7ccccc76)cc5c4c3)cc2)cc1. The first-order chi connectivity index (χ1) is 31.3. The van der Waals surface area contributed by atoms with E-state index in [4.69, 9.17) is 0 Å². The van der Waals surface area contributed by atoms with Crippen LogP contribution >= 0.6 is 11.3 Å². The number of hydrogen-bond donors (Lipinski definition) is 0. The molecule has 0 bridgehead atoms. The van der Waals surface area contributed by atoms with E-state index in [2.05, 4.69) is 254 Å². The second-order valence-corrected chi connectivity index (χ2v) is 17.5. The summed E-state index contributed by atoms with van der Waals surface area (Å²) in [4.78, 5) is 2.39. The Morgan fingerprint density at radius 1 is 0.302 bits per heavy atom. The van der Waals surface area contributed by atoms with Crippen molar-refractivity contribution in [3.63, 3.8) is 0 Å². The molecule has 12 rings (SSSR count). The van der Waals surface area contributed by atoms with Gasteiger partial charge < -0.3 is 4.90 Å². The Morgan fingerprint density at radius 2 is 0.778 bits per heavy atom. The monoisotopic (exact) mass is 819 g/mol. The van der Waals surface area contributed by atoms with Crippen LogP contribution in [0.5, 0.6) is 0 Å². The third kappa shape index (κ3) is 6.06. The molecular formula is C61H41NS. The highest BCUT2D eigenvalue weighted by atomic mass is 32.1. The predicted molar refractivity (Wildman–Crippen MR) is 268 cm³/mol. The van der Waals surface area contributed by atoms with Gasteiger partial charge in [0.2, 0.25) is 0 Å². The topological polar surface area (TPSA) is 3.24 Å². The van der Waals surface area contributed by atoms with E-state index < -0.39 is 5.41 Å². The highest BCUT2D eigenvalue weighted by Crippen LogP contribution is 2.57. The van der Waals surface area contributed by atoms with Crippen molar-refractivity contribution >= 4 is 48.6 Å². The minimum absolute atomic E-state index is 0.447. The summed E-state index contributed by atoms with van der Waals surface area (Å²) >= 11 is 1.88. The number of anilines is 3. The minimum Gasteiger partial charge on any atom is -0.310 e. The summed E-state index contributed by atoms with van der Waals surface area (Å²) in [6.45, 7) is 0. The summed E-state index contributed by atoms with van der Waals surface area (Å²) in [5, 5.41) is 2.57. The van der Waals surface area contributed by atoms with E-state index in [0.717, 1.165) is 17.1 Å². The number of rotatable bonds is 8. The maximum atomic E-state index is 2.49. The number of hydrogen-bond acceptors (Lipinski definition) is 2. The van der Waals surface area contributed by atoms with Crippen LogP contribution in [0.2, 0.25) is 0 Å². The molecule has 1 aromatic heterocycles.